The van der Waals surface area contributed by atoms with E-state index in [4.69, 9.17) is 4.74 Å². The lowest BCUT2D eigenvalue weighted by molar-refractivity contribution is 0.0954. The van der Waals surface area contributed by atoms with Gasteiger partial charge in [-0.05, 0) is 43.3 Å². The van der Waals surface area contributed by atoms with Gasteiger partial charge in [-0.3, -0.25) is 9.69 Å². The van der Waals surface area contributed by atoms with E-state index in [2.05, 4.69) is 15.3 Å². The molecule has 0 saturated heterocycles. The molecule has 0 unspecified atom stereocenters. The summed E-state index contributed by atoms with van der Waals surface area (Å²) in [7, 11) is 0. The second-order valence-electron chi connectivity index (χ2n) is 5.70. The maximum atomic E-state index is 13.0. The maximum absolute atomic E-state index is 13.0. The lowest BCUT2D eigenvalue weighted by atomic mass is 10.2. The molecule has 3 heterocycles. The molecule has 3 aromatic rings. The van der Waals surface area contributed by atoms with E-state index in [9.17, 15) is 9.18 Å². The molecule has 0 radical (unpaired) electrons. The summed E-state index contributed by atoms with van der Waals surface area (Å²) in [6.45, 7) is 2.26. The number of hydrogen-bond acceptors (Lipinski definition) is 5. The number of pyridine rings is 1. The van der Waals surface area contributed by atoms with Gasteiger partial charge in [0.1, 0.15) is 17.6 Å². The van der Waals surface area contributed by atoms with Crippen molar-refractivity contribution in [2.75, 3.05) is 11.4 Å². The van der Waals surface area contributed by atoms with Crippen molar-refractivity contribution in [3.8, 4) is 11.6 Å². The molecule has 0 N–H and O–H groups in total. The second-order valence-corrected chi connectivity index (χ2v) is 5.70. The van der Waals surface area contributed by atoms with E-state index in [0.29, 0.717) is 23.8 Å². The third kappa shape index (κ3) is 2.82. The third-order valence-corrected chi connectivity index (χ3v) is 3.84. The Hall–Kier alpha value is -3.29. The summed E-state index contributed by atoms with van der Waals surface area (Å²) in [5, 5.41) is 7.91. The molecule has 126 valence electrons. The van der Waals surface area contributed by atoms with Crippen LogP contribution in [0.5, 0.6) is 5.88 Å². The van der Waals surface area contributed by atoms with Gasteiger partial charge in [0, 0.05) is 6.20 Å². The van der Waals surface area contributed by atoms with Crippen molar-refractivity contribution in [2.24, 2.45) is 0 Å². The van der Waals surface area contributed by atoms with Crippen LogP contribution in [0.15, 0.2) is 48.8 Å². The van der Waals surface area contributed by atoms with Crippen LogP contribution in [-0.4, -0.2) is 38.5 Å². The Kier molecular flexibility index (Phi) is 3.64. The molecule has 1 aliphatic rings. The summed E-state index contributed by atoms with van der Waals surface area (Å²) in [4.78, 5) is 18.6. The molecule has 0 bridgehead atoms. The minimum atomic E-state index is -0.341. The van der Waals surface area contributed by atoms with E-state index >= 15 is 0 Å². The number of halogens is 1. The molecule has 0 spiro atoms. The zero-order valence-corrected chi connectivity index (χ0v) is 13.3. The van der Waals surface area contributed by atoms with Gasteiger partial charge >= 0.3 is 0 Å². The van der Waals surface area contributed by atoms with E-state index in [1.165, 1.54) is 23.0 Å². The molecule has 1 aromatic carbocycles. The molecule has 1 aliphatic heterocycles. The van der Waals surface area contributed by atoms with Crippen LogP contribution in [0.3, 0.4) is 0 Å². The summed E-state index contributed by atoms with van der Waals surface area (Å²) in [6.07, 6.45) is 2.95. The van der Waals surface area contributed by atoms with Crippen LogP contribution < -0.4 is 9.64 Å². The Morgan fingerprint density at radius 1 is 1.28 bits per heavy atom. The molecule has 1 amide bonds. The van der Waals surface area contributed by atoms with Gasteiger partial charge < -0.3 is 4.74 Å². The van der Waals surface area contributed by atoms with Gasteiger partial charge in [0.05, 0.1) is 18.4 Å². The Bertz CT molecular complexity index is 925. The zero-order chi connectivity index (χ0) is 17.4. The highest BCUT2D eigenvalue weighted by molar-refractivity contribution is 6.05. The van der Waals surface area contributed by atoms with Gasteiger partial charge in [-0.2, -0.15) is 0 Å². The van der Waals surface area contributed by atoms with Crippen LogP contribution in [0, 0.1) is 5.82 Å². The number of benzene rings is 1. The van der Waals surface area contributed by atoms with Crippen LogP contribution in [0.25, 0.3) is 5.69 Å². The highest BCUT2D eigenvalue weighted by Crippen LogP contribution is 2.31. The lowest BCUT2D eigenvalue weighted by Crippen LogP contribution is -2.42. The van der Waals surface area contributed by atoms with E-state index in [-0.39, 0.29) is 23.5 Å². The second kappa shape index (κ2) is 5.97. The molecule has 4 rings (SSSR count). The summed E-state index contributed by atoms with van der Waals surface area (Å²) >= 11 is 0. The van der Waals surface area contributed by atoms with Gasteiger partial charge in [0.25, 0.3) is 5.91 Å². The zero-order valence-electron chi connectivity index (χ0n) is 13.3. The minimum absolute atomic E-state index is 0.182. The first kappa shape index (κ1) is 15.3. The average molecular weight is 339 g/mol. The fourth-order valence-electron chi connectivity index (χ4n) is 2.67. The summed E-state index contributed by atoms with van der Waals surface area (Å²) in [6, 6.07) is 9.29. The standard InChI is InChI=1S/C17H14FN5O2/c1-11-9-22(15-3-2-8-19-16(15)25-11)17(24)14-10-23(21-20-14)13-6-4-12(18)5-7-13/h2-8,10-11H,9H2,1H3/t11-/m1/s1. The molecular formula is C17H14FN5O2. The molecule has 1 atom stereocenters. The van der Waals surface area contributed by atoms with E-state index in [0.717, 1.165) is 0 Å². The van der Waals surface area contributed by atoms with Crippen molar-refractivity contribution in [3.63, 3.8) is 0 Å². The maximum Gasteiger partial charge on any atom is 0.280 e. The number of nitrogens with zero attached hydrogens (tertiary/aromatic N) is 5. The number of fused-ring (bicyclic) bond motifs is 1. The molecule has 0 saturated carbocycles. The Balaban J connectivity index is 1.65. The van der Waals surface area contributed by atoms with Crippen LogP contribution in [0.2, 0.25) is 0 Å². The van der Waals surface area contributed by atoms with Crippen molar-refractivity contribution in [2.45, 2.75) is 13.0 Å². The highest BCUT2D eigenvalue weighted by atomic mass is 19.1. The third-order valence-electron chi connectivity index (χ3n) is 3.84. The number of rotatable bonds is 2. The SMILES string of the molecule is C[C@@H]1CN(C(=O)c2cn(-c3ccc(F)cc3)nn2)c2cccnc2O1. The van der Waals surface area contributed by atoms with Crippen LogP contribution >= 0.6 is 0 Å². The summed E-state index contributed by atoms with van der Waals surface area (Å²) in [5.41, 5.74) is 1.40. The summed E-state index contributed by atoms with van der Waals surface area (Å²) < 4.78 is 20.1. The van der Waals surface area contributed by atoms with Gasteiger partial charge in [-0.25, -0.2) is 14.1 Å². The van der Waals surface area contributed by atoms with Crippen LogP contribution in [0.4, 0.5) is 10.1 Å². The first-order valence-electron chi connectivity index (χ1n) is 7.73. The largest absolute Gasteiger partial charge is 0.471 e. The van der Waals surface area contributed by atoms with Crippen molar-refractivity contribution in [1.82, 2.24) is 20.0 Å². The molecule has 8 heteroatoms. The molecule has 25 heavy (non-hydrogen) atoms. The Morgan fingerprint density at radius 2 is 2.08 bits per heavy atom. The fourth-order valence-corrected chi connectivity index (χ4v) is 2.67. The average Bonchev–Trinajstić information content (AvgIpc) is 3.11. The quantitative estimate of drug-likeness (QED) is 0.716. The van der Waals surface area contributed by atoms with Crippen molar-refractivity contribution in [1.29, 1.82) is 0 Å². The predicted molar refractivity (Wildman–Crippen MR) is 87.3 cm³/mol. The number of anilines is 1. The Labute approximate surface area is 142 Å². The van der Waals surface area contributed by atoms with Gasteiger partial charge in [-0.15, -0.1) is 5.10 Å². The fraction of sp³-hybridized carbons (Fsp3) is 0.176. The van der Waals surface area contributed by atoms with Crippen molar-refractivity contribution < 1.29 is 13.9 Å². The first-order valence-corrected chi connectivity index (χ1v) is 7.73. The molecule has 0 aliphatic carbocycles. The van der Waals surface area contributed by atoms with Crippen molar-refractivity contribution >= 4 is 11.6 Å². The number of amides is 1. The number of hydrogen-bond donors (Lipinski definition) is 0. The number of carbonyl (C=O) groups is 1. The molecular weight excluding hydrogens is 325 g/mol. The number of carbonyl (C=O) groups excluding carboxylic acids is 1. The first-order chi connectivity index (χ1) is 12.1. The van der Waals surface area contributed by atoms with Gasteiger partial charge in [0.2, 0.25) is 5.88 Å². The number of aromatic nitrogens is 4. The van der Waals surface area contributed by atoms with Gasteiger partial charge in [0.15, 0.2) is 5.69 Å². The number of ether oxygens (including phenoxy) is 1. The van der Waals surface area contributed by atoms with Crippen molar-refractivity contribution in [3.05, 3.63) is 60.3 Å². The van der Waals surface area contributed by atoms with E-state index in [1.807, 2.05) is 6.92 Å². The molecule has 2 aromatic heterocycles. The minimum Gasteiger partial charge on any atom is -0.471 e. The lowest BCUT2D eigenvalue weighted by Gasteiger charge is -2.31. The van der Waals surface area contributed by atoms with Gasteiger partial charge in [-0.1, -0.05) is 5.21 Å². The Morgan fingerprint density at radius 3 is 2.88 bits per heavy atom. The predicted octanol–water partition coefficient (Wildman–Crippen LogP) is 2.23. The monoisotopic (exact) mass is 339 g/mol. The topological polar surface area (TPSA) is 73.1 Å². The van der Waals surface area contributed by atoms with E-state index in [1.54, 1.807) is 35.4 Å². The normalized spacial score (nSPS) is 16.2. The molecule has 0 fully saturated rings. The van der Waals surface area contributed by atoms with Crippen LogP contribution in [0.1, 0.15) is 17.4 Å². The molecule has 7 nitrogen and oxygen atoms in total. The smallest absolute Gasteiger partial charge is 0.280 e. The van der Waals surface area contributed by atoms with Crippen LogP contribution in [-0.2, 0) is 0 Å². The van der Waals surface area contributed by atoms with E-state index < -0.39 is 0 Å². The highest BCUT2D eigenvalue weighted by Gasteiger charge is 2.30. The summed E-state index contributed by atoms with van der Waals surface area (Å²) in [5.74, 6) is -0.218.